The van der Waals surface area contributed by atoms with Crippen molar-refractivity contribution in [3.05, 3.63) is 12.3 Å². The first-order valence-corrected chi connectivity index (χ1v) is 5.08. The van der Waals surface area contributed by atoms with Gasteiger partial charge in [-0.1, -0.05) is 0 Å². The summed E-state index contributed by atoms with van der Waals surface area (Å²) in [4.78, 5) is 0. The molecule has 0 aliphatic carbocycles. The van der Waals surface area contributed by atoms with Crippen molar-refractivity contribution in [3.63, 3.8) is 0 Å². The van der Waals surface area contributed by atoms with Crippen LogP contribution in [0, 0.1) is 0 Å². The van der Waals surface area contributed by atoms with Gasteiger partial charge in [0.1, 0.15) is 5.82 Å². The maximum Gasteiger partial charge on any atom is 0.148 e. The van der Waals surface area contributed by atoms with Gasteiger partial charge in [0.25, 0.3) is 0 Å². The third kappa shape index (κ3) is 2.73. The normalized spacial score (nSPS) is 15.6. The number of anilines is 1. The molecule has 0 amide bonds. The summed E-state index contributed by atoms with van der Waals surface area (Å²) in [5.41, 5.74) is 5.75. The van der Waals surface area contributed by atoms with Crippen molar-refractivity contribution < 1.29 is 0 Å². The van der Waals surface area contributed by atoms with Crippen LogP contribution in [0.25, 0.3) is 0 Å². The molecule has 3 N–H and O–H groups in total. The minimum Gasteiger partial charge on any atom is -0.365 e. The molecule has 4 nitrogen and oxygen atoms in total. The first-order chi connectivity index (χ1) is 6.50. The summed E-state index contributed by atoms with van der Waals surface area (Å²) in [5.74, 6) is 0.892. The molecule has 4 heteroatoms. The molecule has 2 atom stereocenters. The first-order valence-electron chi connectivity index (χ1n) is 5.08. The topological polar surface area (TPSA) is 55.9 Å². The largest absolute Gasteiger partial charge is 0.365 e. The molecular weight excluding hydrogens is 176 g/mol. The summed E-state index contributed by atoms with van der Waals surface area (Å²) in [5, 5.41) is 7.64. The summed E-state index contributed by atoms with van der Waals surface area (Å²) < 4.78 is 1.93. The summed E-state index contributed by atoms with van der Waals surface area (Å²) >= 11 is 0. The van der Waals surface area contributed by atoms with E-state index in [0.717, 1.165) is 5.82 Å². The van der Waals surface area contributed by atoms with Crippen LogP contribution in [0.4, 0.5) is 5.82 Å². The van der Waals surface area contributed by atoms with E-state index in [2.05, 4.69) is 31.2 Å². The Hall–Kier alpha value is -1.03. The molecule has 0 saturated carbocycles. The number of rotatable bonds is 4. The lowest BCUT2D eigenvalue weighted by molar-refractivity contribution is 0.531. The van der Waals surface area contributed by atoms with E-state index in [9.17, 15) is 0 Å². The van der Waals surface area contributed by atoms with E-state index in [1.165, 1.54) is 0 Å². The quantitative estimate of drug-likeness (QED) is 0.769. The summed E-state index contributed by atoms with van der Waals surface area (Å²) in [6.07, 6.45) is 1.97. The number of nitrogens with zero attached hydrogens (tertiary/aromatic N) is 2. The van der Waals surface area contributed by atoms with Crippen LogP contribution in [0.1, 0.15) is 33.7 Å². The Labute approximate surface area is 85.5 Å². The second-order valence-electron chi connectivity index (χ2n) is 4.07. The van der Waals surface area contributed by atoms with Gasteiger partial charge in [-0.05, 0) is 27.7 Å². The van der Waals surface area contributed by atoms with Crippen molar-refractivity contribution in [1.82, 2.24) is 9.78 Å². The fraction of sp³-hybridized carbons (Fsp3) is 0.700. The average molecular weight is 196 g/mol. The van der Waals surface area contributed by atoms with E-state index in [4.69, 9.17) is 5.73 Å². The Morgan fingerprint density at radius 1 is 1.36 bits per heavy atom. The molecule has 0 radical (unpaired) electrons. The fourth-order valence-electron chi connectivity index (χ4n) is 1.07. The number of nitrogens with one attached hydrogen (secondary N) is 1. The number of aromatic nitrogens is 2. The highest BCUT2D eigenvalue weighted by molar-refractivity contribution is 5.33. The molecule has 0 spiro atoms. The molecule has 0 aliphatic rings. The van der Waals surface area contributed by atoms with Gasteiger partial charge < -0.3 is 11.1 Å². The van der Waals surface area contributed by atoms with Crippen LogP contribution in [-0.4, -0.2) is 21.9 Å². The van der Waals surface area contributed by atoms with Crippen LogP contribution in [-0.2, 0) is 0 Å². The monoisotopic (exact) mass is 196 g/mol. The molecular formula is C10H20N4. The van der Waals surface area contributed by atoms with E-state index in [-0.39, 0.29) is 12.1 Å². The minimum absolute atomic E-state index is 0.124. The highest BCUT2D eigenvalue weighted by Crippen LogP contribution is 2.09. The van der Waals surface area contributed by atoms with Crippen LogP contribution in [0.15, 0.2) is 12.3 Å². The second kappa shape index (κ2) is 4.46. The average Bonchev–Trinajstić information content (AvgIpc) is 2.52. The van der Waals surface area contributed by atoms with Gasteiger partial charge in [-0.25, -0.2) is 0 Å². The minimum atomic E-state index is 0.124. The highest BCUT2D eigenvalue weighted by atomic mass is 15.3. The van der Waals surface area contributed by atoms with Gasteiger partial charge in [-0.15, -0.1) is 0 Å². The lowest BCUT2D eigenvalue weighted by Gasteiger charge is -2.16. The molecule has 1 aromatic rings. The predicted molar refractivity (Wildman–Crippen MR) is 59.3 cm³/mol. The van der Waals surface area contributed by atoms with Crippen molar-refractivity contribution in [3.8, 4) is 0 Å². The maximum absolute atomic E-state index is 5.75. The Bertz CT molecular complexity index is 277. The molecule has 2 unspecified atom stereocenters. The number of hydrogen-bond donors (Lipinski definition) is 2. The van der Waals surface area contributed by atoms with Gasteiger partial charge in [0.15, 0.2) is 0 Å². The molecule has 1 heterocycles. The highest BCUT2D eigenvalue weighted by Gasteiger charge is 2.08. The number of hydrogen-bond acceptors (Lipinski definition) is 3. The van der Waals surface area contributed by atoms with Crippen molar-refractivity contribution in [1.29, 1.82) is 0 Å². The lowest BCUT2D eigenvalue weighted by atomic mass is 10.2. The molecule has 80 valence electrons. The van der Waals surface area contributed by atoms with E-state index in [1.807, 2.05) is 23.9 Å². The zero-order valence-electron chi connectivity index (χ0n) is 9.36. The van der Waals surface area contributed by atoms with E-state index in [1.54, 1.807) is 0 Å². The molecule has 0 saturated heterocycles. The molecule has 1 aromatic heterocycles. The third-order valence-corrected chi connectivity index (χ3v) is 2.30. The molecule has 0 aliphatic heterocycles. The summed E-state index contributed by atoms with van der Waals surface area (Å²) in [7, 11) is 0. The Balaban J connectivity index is 2.60. The van der Waals surface area contributed by atoms with E-state index in [0.29, 0.717) is 6.04 Å². The van der Waals surface area contributed by atoms with Crippen molar-refractivity contribution in [2.45, 2.75) is 45.8 Å². The first kappa shape index (κ1) is 11.0. The lowest BCUT2D eigenvalue weighted by Crippen LogP contribution is -2.35. The van der Waals surface area contributed by atoms with Gasteiger partial charge in [-0.3, -0.25) is 4.68 Å². The van der Waals surface area contributed by atoms with E-state index >= 15 is 0 Å². The van der Waals surface area contributed by atoms with Gasteiger partial charge >= 0.3 is 0 Å². The summed E-state index contributed by atoms with van der Waals surface area (Å²) in [6.45, 7) is 8.24. The molecule has 0 aromatic carbocycles. The third-order valence-electron chi connectivity index (χ3n) is 2.30. The molecule has 0 fully saturated rings. The zero-order valence-corrected chi connectivity index (χ0v) is 9.36. The van der Waals surface area contributed by atoms with Gasteiger partial charge in [-0.2, -0.15) is 5.10 Å². The molecule has 14 heavy (non-hydrogen) atoms. The van der Waals surface area contributed by atoms with Crippen molar-refractivity contribution in [2.24, 2.45) is 5.73 Å². The van der Waals surface area contributed by atoms with Crippen LogP contribution in [0.3, 0.4) is 0 Å². The fourth-order valence-corrected chi connectivity index (χ4v) is 1.07. The van der Waals surface area contributed by atoms with Crippen LogP contribution < -0.4 is 11.1 Å². The Morgan fingerprint density at radius 3 is 2.43 bits per heavy atom. The van der Waals surface area contributed by atoms with Gasteiger partial charge in [0.05, 0.1) is 0 Å². The van der Waals surface area contributed by atoms with Gasteiger partial charge in [0, 0.05) is 30.4 Å². The second-order valence-corrected chi connectivity index (χ2v) is 4.07. The van der Waals surface area contributed by atoms with Crippen LogP contribution >= 0.6 is 0 Å². The summed E-state index contributed by atoms with van der Waals surface area (Å²) in [6, 6.07) is 2.74. The van der Waals surface area contributed by atoms with Crippen LogP contribution in [0.2, 0.25) is 0 Å². The maximum atomic E-state index is 5.75. The zero-order chi connectivity index (χ0) is 10.7. The Morgan fingerprint density at radius 2 is 2.00 bits per heavy atom. The van der Waals surface area contributed by atoms with E-state index < -0.39 is 0 Å². The predicted octanol–water partition coefficient (Wildman–Crippen LogP) is 1.61. The molecule has 0 bridgehead atoms. The SMILES string of the molecule is CC(N)C(C)Nc1ccn(C(C)C)n1. The van der Waals surface area contributed by atoms with Crippen LogP contribution in [0.5, 0.6) is 0 Å². The number of nitrogens with two attached hydrogens (primary N) is 1. The van der Waals surface area contributed by atoms with Crippen molar-refractivity contribution in [2.75, 3.05) is 5.32 Å². The molecule has 1 rings (SSSR count). The Kier molecular flexibility index (Phi) is 3.52. The van der Waals surface area contributed by atoms with Gasteiger partial charge in [0.2, 0.25) is 0 Å². The smallest absolute Gasteiger partial charge is 0.148 e. The standard InChI is InChI=1S/C10H20N4/c1-7(2)14-6-5-10(13-14)12-9(4)8(3)11/h5-9H,11H2,1-4H3,(H,12,13). The van der Waals surface area contributed by atoms with Crippen molar-refractivity contribution >= 4 is 5.82 Å².